The number of hydrogen-bond donors (Lipinski definition) is 1. The highest BCUT2D eigenvalue weighted by Crippen LogP contribution is 2.44. The second kappa shape index (κ2) is 4.94. The van der Waals surface area contributed by atoms with Crippen molar-refractivity contribution in [3.63, 3.8) is 0 Å². The standard InChI is InChI=1S/C15H18N4OS/c1-9-6-7-21-13(9)15(20)16-8-12-17-18-14(10-2-3-10)19(12)11-4-5-11/h6-7,10-11H,2-5,8H2,1H3,(H,16,20). The second-order valence-electron chi connectivity index (χ2n) is 5.97. The van der Waals surface area contributed by atoms with Gasteiger partial charge in [-0.3, -0.25) is 4.79 Å². The van der Waals surface area contributed by atoms with Crippen molar-refractivity contribution in [3.05, 3.63) is 33.5 Å². The van der Waals surface area contributed by atoms with E-state index in [1.165, 1.54) is 37.0 Å². The summed E-state index contributed by atoms with van der Waals surface area (Å²) in [7, 11) is 0. The molecule has 2 heterocycles. The van der Waals surface area contributed by atoms with Crippen LogP contribution in [0.5, 0.6) is 0 Å². The van der Waals surface area contributed by atoms with Crippen molar-refractivity contribution >= 4 is 17.2 Å². The molecule has 2 aliphatic rings. The van der Waals surface area contributed by atoms with Gasteiger partial charge in [-0.15, -0.1) is 21.5 Å². The van der Waals surface area contributed by atoms with Crippen molar-refractivity contribution in [2.24, 2.45) is 0 Å². The third kappa shape index (κ3) is 2.48. The van der Waals surface area contributed by atoms with E-state index >= 15 is 0 Å². The molecule has 4 rings (SSSR count). The lowest BCUT2D eigenvalue weighted by atomic mass is 10.3. The molecule has 110 valence electrons. The van der Waals surface area contributed by atoms with Gasteiger partial charge >= 0.3 is 0 Å². The van der Waals surface area contributed by atoms with E-state index in [-0.39, 0.29) is 5.91 Å². The minimum Gasteiger partial charge on any atom is -0.344 e. The molecule has 0 aromatic carbocycles. The van der Waals surface area contributed by atoms with Crippen molar-refractivity contribution < 1.29 is 4.79 Å². The Morgan fingerprint density at radius 3 is 2.81 bits per heavy atom. The van der Waals surface area contributed by atoms with Crippen molar-refractivity contribution in [3.8, 4) is 0 Å². The lowest BCUT2D eigenvalue weighted by Gasteiger charge is -2.09. The van der Waals surface area contributed by atoms with E-state index in [2.05, 4.69) is 20.1 Å². The fourth-order valence-electron chi connectivity index (χ4n) is 2.65. The maximum absolute atomic E-state index is 12.2. The molecule has 2 aromatic heterocycles. The Labute approximate surface area is 127 Å². The summed E-state index contributed by atoms with van der Waals surface area (Å²) in [6, 6.07) is 2.53. The first kappa shape index (κ1) is 13.0. The highest BCUT2D eigenvalue weighted by atomic mass is 32.1. The molecule has 0 atom stereocenters. The van der Waals surface area contributed by atoms with E-state index in [9.17, 15) is 4.79 Å². The summed E-state index contributed by atoms with van der Waals surface area (Å²) in [5.74, 6) is 2.62. The summed E-state index contributed by atoms with van der Waals surface area (Å²) < 4.78 is 2.28. The Bertz CT molecular complexity index is 682. The molecule has 0 spiro atoms. The molecule has 21 heavy (non-hydrogen) atoms. The van der Waals surface area contributed by atoms with Crippen LogP contribution in [0.2, 0.25) is 0 Å². The normalized spacial score (nSPS) is 18.0. The third-order valence-corrected chi connectivity index (χ3v) is 5.14. The van der Waals surface area contributed by atoms with Gasteiger partial charge in [0.2, 0.25) is 0 Å². The van der Waals surface area contributed by atoms with Crippen molar-refractivity contribution in [2.75, 3.05) is 0 Å². The number of nitrogens with zero attached hydrogens (tertiary/aromatic N) is 3. The van der Waals surface area contributed by atoms with Crippen LogP contribution in [-0.2, 0) is 6.54 Å². The van der Waals surface area contributed by atoms with Crippen LogP contribution in [0.3, 0.4) is 0 Å². The summed E-state index contributed by atoms with van der Waals surface area (Å²) in [6.07, 6.45) is 4.88. The molecule has 6 heteroatoms. The van der Waals surface area contributed by atoms with Crippen LogP contribution in [0, 0.1) is 6.92 Å². The number of aryl methyl sites for hydroxylation is 1. The quantitative estimate of drug-likeness (QED) is 0.924. The van der Waals surface area contributed by atoms with E-state index in [4.69, 9.17) is 0 Å². The number of rotatable bonds is 5. The number of amides is 1. The highest BCUT2D eigenvalue weighted by molar-refractivity contribution is 7.12. The number of carbonyl (C=O) groups is 1. The molecule has 0 bridgehead atoms. The number of aromatic nitrogens is 3. The Morgan fingerprint density at radius 2 is 2.19 bits per heavy atom. The Balaban J connectivity index is 1.50. The van der Waals surface area contributed by atoms with Gasteiger partial charge in [-0.25, -0.2) is 0 Å². The topological polar surface area (TPSA) is 59.8 Å². The fourth-order valence-corrected chi connectivity index (χ4v) is 3.49. The maximum atomic E-state index is 12.2. The lowest BCUT2D eigenvalue weighted by Crippen LogP contribution is -2.24. The van der Waals surface area contributed by atoms with Gasteiger partial charge in [0.15, 0.2) is 5.82 Å². The predicted molar refractivity (Wildman–Crippen MR) is 80.5 cm³/mol. The largest absolute Gasteiger partial charge is 0.344 e. The van der Waals surface area contributed by atoms with E-state index in [1.54, 1.807) is 0 Å². The van der Waals surface area contributed by atoms with Crippen molar-refractivity contribution in [1.29, 1.82) is 0 Å². The maximum Gasteiger partial charge on any atom is 0.261 e. The molecule has 0 radical (unpaired) electrons. The van der Waals surface area contributed by atoms with E-state index < -0.39 is 0 Å². The van der Waals surface area contributed by atoms with Gasteiger partial charge in [-0.2, -0.15) is 0 Å². The van der Waals surface area contributed by atoms with E-state index in [0.717, 1.165) is 22.1 Å². The van der Waals surface area contributed by atoms with Crippen LogP contribution in [0.1, 0.15) is 64.5 Å². The van der Waals surface area contributed by atoms with Crippen LogP contribution >= 0.6 is 11.3 Å². The summed E-state index contributed by atoms with van der Waals surface area (Å²) in [6.45, 7) is 2.43. The number of hydrogen-bond acceptors (Lipinski definition) is 4. The average Bonchev–Trinajstić information content (AvgIpc) is 3.40. The highest BCUT2D eigenvalue weighted by Gasteiger charge is 2.36. The zero-order valence-electron chi connectivity index (χ0n) is 12.0. The smallest absolute Gasteiger partial charge is 0.261 e. The first-order valence-electron chi connectivity index (χ1n) is 7.50. The van der Waals surface area contributed by atoms with Crippen LogP contribution in [0.25, 0.3) is 0 Å². The Hall–Kier alpha value is -1.69. The van der Waals surface area contributed by atoms with Gasteiger partial charge in [-0.1, -0.05) is 0 Å². The molecule has 2 aliphatic carbocycles. The van der Waals surface area contributed by atoms with Gasteiger partial charge < -0.3 is 9.88 Å². The van der Waals surface area contributed by atoms with Crippen LogP contribution in [0.15, 0.2) is 11.4 Å². The van der Waals surface area contributed by atoms with Gasteiger partial charge in [0.25, 0.3) is 5.91 Å². The average molecular weight is 302 g/mol. The Morgan fingerprint density at radius 1 is 1.38 bits per heavy atom. The summed E-state index contributed by atoms with van der Waals surface area (Å²) in [4.78, 5) is 13.0. The Kier molecular flexibility index (Phi) is 3.06. The lowest BCUT2D eigenvalue weighted by molar-refractivity contribution is 0.0953. The number of thiophene rings is 1. The van der Waals surface area contributed by atoms with Crippen LogP contribution in [-0.4, -0.2) is 20.7 Å². The first-order valence-corrected chi connectivity index (χ1v) is 8.38. The zero-order valence-corrected chi connectivity index (χ0v) is 12.8. The molecular weight excluding hydrogens is 284 g/mol. The van der Waals surface area contributed by atoms with Gasteiger partial charge in [0.05, 0.1) is 11.4 Å². The van der Waals surface area contributed by atoms with Crippen LogP contribution in [0.4, 0.5) is 0 Å². The second-order valence-corrected chi connectivity index (χ2v) is 6.88. The van der Waals surface area contributed by atoms with Gasteiger partial charge in [0.1, 0.15) is 5.82 Å². The molecule has 1 amide bonds. The molecule has 0 saturated heterocycles. The monoisotopic (exact) mass is 302 g/mol. The molecule has 0 aliphatic heterocycles. The molecule has 2 fully saturated rings. The summed E-state index contributed by atoms with van der Waals surface area (Å²) in [5.41, 5.74) is 1.03. The molecule has 2 saturated carbocycles. The number of carbonyl (C=O) groups excluding carboxylic acids is 1. The van der Waals surface area contributed by atoms with Gasteiger partial charge in [-0.05, 0) is 49.6 Å². The van der Waals surface area contributed by atoms with Crippen LogP contribution < -0.4 is 5.32 Å². The predicted octanol–water partition coefficient (Wildman–Crippen LogP) is 2.79. The van der Waals surface area contributed by atoms with Gasteiger partial charge in [0, 0.05) is 12.0 Å². The van der Waals surface area contributed by atoms with E-state index in [0.29, 0.717) is 18.5 Å². The molecule has 0 unspecified atom stereocenters. The molecular formula is C15H18N4OS. The summed E-state index contributed by atoms with van der Waals surface area (Å²) >= 11 is 1.48. The minimum atomic E-state index is -0.0131. The SMILES string of the molecule is Cc1ccsc1C(=O)NCc1nnc(C2CC2)n1C1CC1. The zero-order chi connectivity index (χ0) is 14.4. The fraction of sp³-hybridized carbons (Fsp3) is 0.533. The first-order chi connectivity index (χ1) is 10.2. The number of nitrogens with one attached hydrogen (secondary N) is 1. The van der Waals surface area contributed by atoms with E-state index in [1.807, 2.05) is 18.4 Å². The third-order valence-electron chi connectivity index (χ3n) is 4.12. The van der Waals surface area contributed by atoms with Crippen molar-refractivity contribution in [2.45, 2.75) is 51.1 Å². The summed E-state index contributed by atoms with van der Waals surface area (Å²) in [5, 5.41) is 13.6. The molecule has 1 N–H and O–H groups in total. The minimum absolute atomic E-state index is 0.0131. The molecule has 2 aromatic rings. The van der Waals surface area contributed by atoms with Crippen molar-refractivity contribution in [1.82, 2.24) is 20.1 Å². The molecule has 5 nitrogen and oxygen atoms in total.